The minimum atomic E-state index is 0.227. The number of nitrogens with one attached hydrogen (secondary N) is 1. The van der Waals surface area contributed by atoms with Gasteiger partial charge in [-0.25, -0.2) is 4.68 Å². The van der Waals surface area contributed by atoms with Crippen LogP contribution in [0.3, 0.4) is 0 Å². The van der Waals surface area contributed by atoms with E-state index in [2.05, 4.69) is 52.7 Å². The van der Waals surface area contributed by atoms with Crippen molar-refractivity contribution in [3.05, 3.63) is 36.2 Å². The highest BCUT2D eigenvalue weighted by atomic mass is 15.5. The van der Waals surface area contributed by atoms with Gasteiger partial charge in [-0.2, -0.15) is 0 Å². The van der Waals surface area contributed by atoms with Crippen molar-refractivity contribution in [2.75, 3.05) is 0 Å². The van der Waals surface area contributed by atoms with Gasteiger partial charge in [0.1, 0.15) is 6.33 Å². The summed E-state index contributed by atoms with van der Waals surface area (Å²) in [5.74, 6) is 2.72. The monoisotopic (exact) mass is 269 g/mol. The number of hydrogen-bond acceptors (Lipinski definition) is 4. The van der Waals surface area contributed by atoms with Crippen LogP contribution in [0.4, 0.5) is 0 Å². The average Bonchev–Trinajstić information content (AvgIpc) is 3.01. The van der Waals surface area contributed by atoms with Crippen LogP contribution in [-0.4, -0.2) is 26.2 Å². The van der Waals surface area contributed by atoms with Gasteiger partial charge < -0.3 is 5.32 Å². The molecule has 0 aliphatic carbocycles. The maximum absolute atomic E-state index is 5.39. The SMILES string of the molecule is C#CCC(CC)NC(C)c1cccc(-n2cnnn2)c1. The summed E-state index contributed by atoms with van der Waals surface area (Å²) >= 11 is 0. The smallest absolute Gasteiger partial charge is 0.143 e. The molecule has 0 spiro atoms. The van der Waals surface area contributed by atoms with Crippen molar-refractivity contribution in [3.8, 4) is 18.0 Å². The molecule has 1 aromatic carbocycles. The minimum Gasteiger partial charge on any atom is -0.307 e. The van der Waals surface area contributed by atoms with Gasteiger partial charge in [0, 0.05) is 18.5 Å². The van der Waals surface area contributed by atoms with E-state index in [0.717, 1.165) is 18.5 Å². The molecule has 0 aliphatic rings. The Balaban J connectivity index is 2.12. The molecule has 5 heteroatoms. The van der Waals surface area contributed by atoms with E-state index in [9.17, 15) is 0 Å². The quantitative estimate of drug-likeness (QED) is 0.816. The van der Waals surface area contributed by atoms with Crippen LogP contribution in [0.15, 0.2) is 30.6 Å². The maximum atomic E-state index is 5.39. The summed E-state index contributed by atoms with van der Waals surface area (Å²) in [6, 6.07) is 8.72. The Morgan fingerprint density at radius 1 is 1.45 bits per heavy atom. The molecular weight excluding hydrogens is 250 g/mol. The second kappa shape index (κ2) is 6.83. The Labute approximate surface area is 119 Å². The first-order valence-electron chi connectivity index (χ1n) is 6.77. The predicted molar refractivity (Wildman–Crippen MR) is 78.2 cm³/mol. The molecular formula is C15H19N5. The molecule has 0 bridgehead atoms. The molecule has 0 fully saturated rings. The second-order valence-corrected chi connectivity index (χ2v) is 4.75. The fourth-order valence-electron chi connectivity index (χ4n) is 2.13. The molecule has 1 N–H and O–H groups in total. The first-order chi connectivity index (χ1) is 9.74. The lowest BCUT2D eigenvalue weighted by Gasteiger charge is -2.21. The molecule has 1 heterocycles. The molecule has 0 saturated carbocycles. The molecule has 0 amide bonds. The van der Waals surface area contributed by atoms with Gasteiger partial charge in [0.15, 0.2) is 0 Å². The molecule has 2 rings (SSSR count). The Morgan fingerprint density at radius 3 is 2.95 bits per heavy atom. The molecule has 2 atom stereocenters. The van der Waals surface area contributed by atoms with Crippen molar-refractivity contribution in [2.45, 2.75) is 38.8 Å². The Kier molecular flexibility index (Phi) is 4.85. The largest absolute Gasteiger partial charge is 0.307 e. The highest BCUT2D eigenvalue weighted by Gasteiger charge is 2.11. The van der Waals surface area contributed by atoms with Crippen molar-refractivity contribution in [1.82, 2.24) is 25.5 Å². The molecule has 0 saturated heterocycles. The van der Waals surface area contributed by atoms with Crippen LogP contribution in [0.2, 0.25) is 0 Å². The van der Waals surface area contributed by atoms with Crippen LogP contribution in [0.5, 0.6) is 0 Å². The van der Waals surface area contributed by atoms with Crippen LogP contribution in [0.25, 0.3) is 5.69 Å². The van der Waals surface area contributed by atoms with Crippen molar-refractivity contribution < 1.29 is 0 Å². The van der Waals surface area contributed by atoms with Crippen LogP contribution in [-0.2, 0) is 0 Å². The van der Waals surface area contributed by atoms with Crippen molar-refractivity contribution in [1.29, 1.82) is 0 Å². The fraction of sp³-hybridized carbons (Fsp3) is 0.400. The summed E-state index contributed by atoms with van der Waals surface area (Å²) in [7, 11) is 0. The first-order valence-corrected chi connectivity index (χ1v) is 6.77. The number of hydrogen-bond donors (Lipinski definition) is 1. The van der Waals surface area contributed by atoms with Gasteiger partial charge in [-0.1, -0.05) is 19.1 Å². The molecule has 2 aromatic rings. The zero-order chi connectivity index (χ0) is 14.4. The summed E-state index contributed by atoms with van der Waals surface area (Å²) < 4.78 is 1.65. The lowest BCUT2D eigenvalue weighted by Crippen LogP contribution is -2.30. The standard InChI is InChI=1S/C15H19N5/c1-4-7-14(5-2)17-12(3)13-8-6-9-15(10-13)20-11-16-18-19-20/h1,6,8-12,14,17H,5,7H2,2-3H3. The van der Waals surface area contributed by atoms with Gasteiger partial charge in [-0.15, -0.1) is 17.4 Å². The molecule has 5 nitrogen and oxygen atoms in total. The Morgan fingerprint density at radius 2 is 2.30 bits per heavy atom. The summed E-state index contributed by atoms with van der Waals surface area (Å²) in [5, 5.41) is 14.8. The van der Waals surface area contributed by atoms with Gasteiger partial charge in [0.05, 0.1) is 5.69 Å². The third-order valence-electron chi connectivity index (χ3n) is 3.33. The van der Waals surface area contributed by atoms with Gasteiger partial charge in [0.2, 0.25) is 0 Å². The Hall–Kier alpha value is -2.19. The van der Waals surface area contributed by atoms with E-state index < -0.39 is 0 Å². The lowest BCUT2D eigenvalue weighted by atomic mass is 10.0. The van der Waals surface area contributed by atoms with Crippen molar-refractivity contribution in [2.24, 2.45) is 0 Å². The summed E-state index contributed by atoms with van der Waals surface area (Å²) in [4.78, 5) is 0. The van der Waals surface area contributed by atoms with Crippen molar-refractivity contribution in [3.63, 3.8) is 0 Å². The summed E-state index contributed by atoms with van der Waals surface area (Å²) in [6.07, 6.45) is 8.74. The zero-order valence-electron chi connectivity index (χ0n) is 11.8. The topological polar surface area (TPSA) is 55.6 Å². The predicted octanol–water partition coefficient (Wildman–Crippen LogP) is 2.11. The fourth-order valence-corrected chi connectivity index (χ4v) is 2.13. The van der Waals surface area contributed by atoms with Crippen LogP contribution in [0, 0.1) is 12.3 Å². The highest BCUT2D eigenvalue weighted by Crippen LogP contribution is 2.17. The van der Waals surface area contributed by atoms with E-state index in [-0.39, 0.29) is 6.04 Å². The number of benzene rings is 1. The third-order valence-corrected chi connectivity index (χ3v) is 3.33. The zero-order valence-corrected chi connectivity index (χ0v) is 11.8. The molecule has 20 heavy (non-hydrogen) atoms. The average molecular weight is 269 g/mol. The van der Waals surface area contributed by atoms with Crippen LogP contribution < -0.4 is 5.32 Å². The molecule has 0 aliphatic heterocycles. The summed E-state index contributed by atoms with van der Waals surface area (Å²) in [5.41, 5.74) is 2.14. The van der Waals surface area contributed by atoms with Crippen LogP contribution >= 0.6 is 0 Å². The van der Waals surface area contributed by atoms with Gasteiger partial charge in [0.25, 0.3) is 0 Å². The van der Waals surface area contributed by atoms with E-state index in [1.807, 2.05) is 12.1 Å². The first kappa shape index (κ1) is 14.2. The van der Waals surface area contributed by atoms with E-state index >= 15 is 0 Å². The molecule has 1 aromatic heterocycles. The number of terminal acetylenes is 1. The second-order valence-electron chi connectivity index (χ2n) is 4.75. The van der Waals surface area contributed by atoms with E-state index in [1.54, 1.807) is 11.0 Å². The van der Waals surface area contributed by atoms with Gasteiger partial charge in [-0.05, 0) is 41.5 Å². The number of tetrazole rings is 1. The van der Waals surface area contributed by atoms with E-state index in [0.29, 0.717) is 6.04 Å². The number of rotatable bonds is 6. The molecule has 0 radical (unpaired) electrons. The number of nitrogens with zero attached hydrogens (tertiary/aromatic N) is 4. The van der Waals surface area contributed by atoms with Gasteiger partial charge in [-0.3, -0.25) is 0 Å². The van der Waals surface area contributed by atoms with E-state index in [4.69, 9.17) is 6.42 Å². The van der Waals surface area contributed by atoms with Crippen LogP contribution in [0.1, 0.15) is 38.3 Å². The van der Waals surface area contributed by atoms with Crippen molar-refractivity contribution >= 4 is 0 Å². The van der Waals surface area contributed by atoms with Gasteiger partial charge >= 0.3 is 0 Å². The minimum absolute atomic E-state index is 0.227. The molecule has 104 valence electrons. The number of aromatic nitrogens is 4. The molecule has 2 unspecified atom stereocenters. The summed E-state index contributed by atoms with van der Waals surface area (Å²) in [6.45, 7) is 4.27. The Bertz CT molecular complexity index is 570. The normalized spacial score (nSPS) is 13.7. The maximum Gasteiger partial charge on any atom is 0.143 e. The third kappa shape index (κ3) is 3.43. The highest BCUT2D eigenvalue weighted by molar-refractivity contribution is 5.35. The van der Waals surface area contributed by atoms with E-state index in [1.165, 1.54) is 5.56 Å². The lowest BCUT2D eigenvalue weighted by molar-refractivity contribution is 0.449.